The van der Waals surface area contributed by atoms with Crippen molar-refractivity contribution in [2.75, 3.05) is 19.7 Å². The van der Waals surface area contributed by atoms with Gasteiger partial charge in [-0.05, 0) is 55.8 Å². The van der Waals surface area contributed by atoms with E-state index in [1.54, 1.807) is 16.2 Å². The third kappa shape index (κ3) is 4.38. The van der Waals surface area contributed by atoms with Crippen LogP contribution >= 0.6 is 11.3 Å². The summed E-state index contributed by atoms with van der Waals surface area (Å²) in [7, 11) is 0. The zero-order chi connectivity index (χ0) is 20.3. The Kier molecular flexibility index (Phi) is 6.39. The van der Waals surface area contributed by atoms with Crippen molar-refractivity contribution in [2.45, 2.75) is 46.2 Å². The number of aryl methyl sites for hydroxylation is 1. The van der Waals surface area contributed by atoms with E-state index >= 15 is 0 Å². The Labute approximate surface area is 170 Å². The van der Waals surface area contributed by atoms with Crippen LogP contribution in [0.5, 0.6) is 5.75 Å². The van der Waals surface area contributed by atoms with Gasteiger partial charge in [-0.3, -0.25) is 9.59 Å². The molecule has 1 unspecified atom stereocenters. The van der Waals surface area contributed by atoms with Gasteiger partial charge in [-0.15, -0.1) is 11.3 Å². The maximum absolute atomic E-state index is 13.1. The predicted octanol–water partition coefficient (Wildman–Crippen LogP) is 3.82. The van der Waals surface area contributed by atoms with E-state index in [-0.39, 0.29) is 30.4 Å². The SMILES string of the molecule is CC(=O)N(CC(=O)N1CCc2sccc2C1COc1ccccc1C)C(C)C. The van der Waals surface area contributed by atoms with E-state index < -0.39 is 0 Å². The summed E-state index contributed by atoms with van der Waals surface area (Å²) in [5, 5.41) is 2.08. The van der Waals surface area contributed by atoms with Crippen LogP contribution in [0.3, 0.4) is 0 Å². The van der Waals surface area contributed by atoms with Crippen LogP contribution in [0, 0.1) is 6.92 Å². The minimum Gasteiger partial charge on any atom is -0.491 e. The first-order valence-corrected chi connectivity index (χ1v) is 10.6. The average Bonchev–Trinajstić information content (AvgIpc) is 3.13. The van der Waals surface area contributed by atoms with Gasteiger partial charge in [0.05, 0.1) is 12.6 Å². The number of carbonyl (C=O) groups excluding carboxylic acids is 2. The molecule has 6 heteroatoms. The van der Waals surface area contributed by atoms with E-state index in [4.69, 9.17) is 4.74 Å². The van der Waals surface area contributed by atoms with Crippen LogP contribution in [0.2, 0.25) is 0 Å². The van der Waals surface area contributed by atoms with E-state index in [0.29, 0.717) is 13.2 Å². The normalized spacial score (nSPS) is 16.0. The molecule has 0 fully saturated rings. The van der Waals surface area contributed by atoms with E-state index in [9.17, 15) is 9.59 Å². The van der Waals surface area contributed by atoms with Gasteiger partial charge in [0, 0.05) is 24.4 Å². The molecule has 2 amide bonds. The number of rotatable bonds is 6. The molecule has 28 heavy (non-hydrogen) atoms. The number of carbonyl (C=O) groups is 2. The van der Waals surface area contributed by atoms with Gasteiger partial charge in [0.25, 0.3) is 0 Å². The maximum Gasteiger partial charge on any atom is 0.242 e. The average molecular weight is 401 g/mol. The van der Waals surface area contributed by atoms with Gasteiger partial charge in [0.1, 0.15) is 12.4 Å². The summed E-state index contributed by atoms with van der Waals surface area (Å²) in [5.74, 6) is 0.730. The monoisotopic (exact) mass is 400 g/mol. The Morgan fingerprint density at radius 2 is 2.04 bits per heavy atom. The summed E-state index contributed by atoms with van der Waals surface area (Å²) in [6.07, 6.45) is 0.849. The van der Waals surface area contributed by atoms with Gasteiger partial charge in [-0.2, -0.15) is 0 Å². The molecule has 1 aliphatic heterocycles. The second kappa shape index (κ2) is 8.78. The minimum atomic E-state index is -0.136. The maximum atomic E-state index is 13.1. The first-order valence-electron chi connectivity index (χ1n) is 9.70. The molecule has 1 atom stereocenters. The number of thiophene rings is 1. The number of ether oxygens (including phenoxy) is 1. The summed E-state index contributed by atoms with van der Waals surface area (Å²) in [5.41, 5.74) is 2.24. The molecule has 150 valence electrons. The molecule has 1 aliphatic rings. The van der Waals surface area contributed by atoms with E-state index in [2.05, 4.69) is 11.4 Å². The van der Waals surface area contributed by atoms with Crippen molar-refractivity contribution in [1.82, 2.24) is 9.80 Å². The largest absolute Gasteiger partial charge is 0.491 e. The molecule has 3 rings (SSSR count). The van der Waals surface area contributed by atoms with Crippen LogP contribution in [0.4, 0.5) is 0 Å². The first-order chi connectivity index (χ1) is 13.4. The molecular formula is C22H28N2O3S. The van der Waals surface area contributed by atoms with Crippen molar-refractivity contribution >= 4 is 23.2 Å². The van der Waals surface area contributed by atoms with E-state index in [0.717, 1.165) is 23.3 Å². The molecule has 0 spiro atoms. The Hall–Kier alpha value is -2.34. The number of amides is 2. The smallest absolute Gasteiger partial charge is 0.242 e. The summed E-state index contributed by atoms with van der Waals surface area (Å²) in [6.45, 7) is 8.55. The molecule has 2 heterocycles. The Morgan fingerprint density at radius 1 is 1.29 bits per heavy atom. The fourth-order valence-corrected chi connectivity index (χ4v) is 4.58. The van der Waals surface area contributed by atoms with Crippen LogP contribution in [-0.4, -0.2) is 47.4 Å². The van der Waals surface area contributed by atoms with Crippen LogP contribution in [0.1, 0.15) is 42.8 Å². The summed E-state index contributed by atoms with van der Waals surface area (Å²) in [4.78, 5) is 29.9. The number of hydrogen-bond donors (Lipinski definition) is 0. The number of fused-ring (bicyclic) bond motifs is 1. The number of para-hydroxylation sites is 1. The Morgan fingerprint density at radius 3 is 2.71 bits per heavy atom. The van der Waals surface area contributed by atoms with Crippen molar-refractivity contribution in [3.63, 3.8) is 0 Å². The highest BCUT2D eigenvalue weighted by Crippen LogP contribution is 2.34. The highest BCUT2D eigenvalue weighted by molar-refractivity contribution is 7.10. The first kappa shape index (κ1) is 20.4. The molecule has 1 aromatic carbocycles. The van der Waals surface area contributed by atoms with Gasteiger partial charge in [0.2, 0.25) is 11.8 Å². The molecule has 2 aromatic rings. The van der Waals surface area contributed by atoms with Gasteiger partial charge in [0.15, 0.2) is 0 Å². The van der Waals surface area contributed by atoms with Gasteiger partial charge in [-0.1, -0.05) is 18.2 Å². The Balaban J connectivity index is 1.80. The molecule has 0 aliphatic carbocycles. The van der Waals surface area contributed by atoms with Crippen molar-refractivity contribution < 1.29 is 14.3 Å². The Bertz CT molecular complexity index is 846. The van der Waals surface area contributed by atoms with Gasteiger partial charge < -0.3 is 14.5 Å². The lowest BCUT2D eigenvalue weighted by Gasteiger charge is -2.37. The van der Waals surface area contributed by atoms with Gasteiger partial charge >= 0.3 is 0 Å². The van der Waals surface area contributed by atoms with Crippen molar-refractivity contribution in [2.24, 2.45) is 0 Å². The summed E-state index contributed by atoms with van der Waals surface area (Å²) >= 11 is 1.73. The molecule has 0 saturated carbocycles. The van der Waals surface area contributed by atoms with E-state index in [1.165, 1.54) is 11.8 Å². The zero-order valence-electron chi connectivity index (χ0n) is 17.0. The fraction of sp³-hybridized carbons (Fsp3) is 0.455. The van der Waals surface area contributed by atoms with Crippen LogP contribution < -0.4 is 4.74 Å². The third-order valence-electron chi connectivity index (χ3n) is 5.24. The predicted molar refractivity (Wildman–Crippen MR) is 112 cm³/mol. The highest BCUT2D eigenvalue weighted by atomic mass is 32.1. The molecule has 1 aromatic heterocycles. The topological polar surface area (TPSA) is 49.9 Å². The quantitative estimate of drug-likeness (QED) is 0.741. The molecule has 0 bridgehead atoms. The minimum absolute atomic E-state index is 0.00961. The van der Waals surface area contributed by atoms with Crippen LogP contribution in [0.15, 0.2) is 35.7 Å². The third-order valence-corrected chi connectivity index (χ3v) is 6.24. The molecule has 0 saturated heterocycles. The molecule has 0 radical (unpaired) electrons. The number of nitrogens with zero attached hydrogens (tertiary/aromatic N) is 2. The summed E-state index contributed by atoms with van der Waals surface area (Å²) in [6, 6.07) is 9.86. The van der Waals surface area contributed by atoms with Crippen molar-refractivity contribution in [3.05, 3.63) is 51.7 Å². The van der Waals surface area contributed by atoms with E-state index in [1.807, 2.05) is 49.9 Å². The molecular weight excluding hydrogens is 372 g/mol. The number of hydrogen-bond acceptors (Lipinski definition) is 4. The van der Waals surface area contributed by atoms with Crippen LogP contribution in [0.25, 0.3) is 0 Å². The van der Waals surface area contributed by atoms with Crippen LogP contribution in [-0.2, 0) is 16.0 Å². The molecule has 5 nitrogen and oxygen atoms in total. The van der Waals surface area contributed by atoms with Gasteiger partial charge in [-0.25, -0.2) is 0 Å². The highest BCUT2D eigenvalue weighted by Gasteiger charge is 2.33. The lowest BCUT2D eigenvalue weighted by Crippen LogP contribution is -2.49. The lowest BCUT2D eigenvalue weighted by atomic mass is 10.00. The van der Waals surface area contributed by atoms with Crippen molar-refractivity contribution in [1.29, 1.82) is 0 Å². The second-order valence-electron chi connectivity index (χ2n) is 7.47. The standard InChI is InChI=1S/C22H28N2O3S/c1-15(2)24(17(4)25)13-22(26)23-11-9-21-18(10-12-28-21)19(23)14-27-20-8-6-5-7-16(20)3/h5-8,10,12,15,19H,9,11,13-14H2,1-4H3. The lowest BCUT2D eigenvalue weighted by molar-refractivity contribution is -0.143. The van der Waals surface area contributed by atoms with Crippen molar-refractivity contribution in [3.8, 4) is 5.75 Å². The summed E-state index contributed by atoms with van der Waals surface area (Å²) < 4.78 is 6.11. The fourth-order valence-electron chi connectivity index (χ4n) is 3.66. The second-order valence-corrected chi connectivity index (χ2v) is 8.47. The molecule has 0 N–H and O–H groups in total. The zero-order valence-corrected chi connectivity index (χ0v) is 17.8. The number of benzene rings is 1.